The molecule has 0 spiro atoms. The molecular formula is C22H23N5O2S2. The Balaban J connectivity index is 1.26. The summed E-state index contributed by atoms with van der Waals surface area (Å²) in [4.78, 5) is 0. The van der Waals surface area contributed by atoms with E-state index in [-0.39, 0.29) is 0 Å². The molecule has 2 aromatic carbocycles. The van der Waals surface area contributed by atoms with Crippen molar-refractivity contribution in [1.29, 1.82) is 0 Å². The lowest BCUT2D eigenvalue weighted by atomic mass is 10.1. The summed E-state index contributed by atoms with van der Waals surface area (Å²) in [5.41, 5.74) is 3.36. The van der Waals surface area contributed by atoms with Gasteiger partial charge in [-0.05, 0) is 36.2 Å². The van der Waals surface area contributed by atoms with E-state index in [1.165, 1.54) is 5.56 Å². The van der Waals surface area contributed by atoms with Gasteiger partial charge >= 0.3 is 0 Å². The maximum Gasteiger partial charge on any atom is 0.206 e. The van der Waals surface area contributed by atoms with E-state index in [1.807, 2.05) is 65.6 Å². The van der Waals surface area contributed by atoms with Gasteiger partial charge in [-0.3, -0.25) is 0 Å². The quantitative estimate of drug-likeness (QED) is 0.349. The van der Waals surface area contributed by atoms with Gasteiger partial charge in [0.25, 0.3) is 0 Å². The normalized spacial score (nSPS) is 10.8. The molecule has 4 rings (SSSR count). The van der Waals surface area contributed by atoms with Crippen molar-refractivity contribution < 1.29 is 9.47 Å². The summed E-state index contributed by atoms with van der Waals surface area (Å²) in [7, 11) is 3.28. The van der Waals surface area contributed by atoms with E-state index in [1.54, 1.807) is 37.3 Å². The first kappa shape index (κ1) is 21.2. The van der Waals surface area contributed by atoms with Crippen LogP contribution in [-0.4, -0.2) is 40.7 Å². The molecule has 0 unspecified atom stereocenters. The van der Waals surface area contributed by atoms with Crippen LogP contribution in [0.15, 0.2) is 65.3 Å². The molecular weight excluding hydrogens is 430 g/mol. The van der Waals surface area contributed by atoms with E-state index in [2.05, 4.69) is 20.6 Å². The standard InChI is InChI=1S/C22H23N5O2S2/c1-28-19-9-8-16(12-20(19)29-2)10-11-23-21-25-26-22(31-21)30-15-17-13-24-27(14-17)18-6-4-3-5-7-18/h3-9,12-14H,10-11,15H2,1-2H3,(H,23,25). The van der Waals surface area contributed by atoms with Crippen LogP contribution in [0.5, 0.6) is 11.5 Å². The first-order chi connectivity index (χ1) is 15.2. The molecule has 2 aromatic heterocycles. The molecule has 0 fully saturated rings. The minimum atomic E-state index is 0.735. The summed E-state index contributed by atoms with van der Waals surface area (Å²) in [6.07, 6.45) is 4.79. The molecule has 0 saturated heterocycles. The van der Waals surface area contributed by atoms with Crippen molar-refractivity contribution in [2.75, 3.05) is 26.1 Å². The summed E-state index contributed by atoms with van der Waals surface area (Å²) in [6.45, 7) is 0.763. The third kappa shape index (κ3) is 5.56. The van der Waals surface area contributed by atoms with Crippen LogP contribution in [0.1, 0.15) is 11.1 Å². The highest BCUT2D eigenvalue weighted by molar-refractivity contribution is 8.00. The average molecular weight is 454 g/mol. The Morgan fingerprint density at radius 3 is 2.65 bits per heavy atom. The zero-order valence-electron chi connectivity index (χ0n) is 17.3. The van der Waals surface area contributed by atoms with E-state index in [0.29, 0.717) is 0 Å². The number of anilines is 1. The van der Waals surface area contributed by atoms with Gasteiger partial charge in [0, 0.05) is 24.1 Å². The molecule has 2 heterocycles. The minimum Gasteiger partial charge on any atom is -0.493 e. The number of benzene rings is 2. The highest BCUT2D eigenvalue weighted by atomic mass is 32.2. The molecule has 0 radical (unpaired) electrons. The van der Waals surface area contributed by atoms with Crippen molar-refractivity contribution in [1.82, 2.24) is 20.0 Å². The van der Waals surface area contributed by atoms with Gasteiger partial charge in [-0.15, -0.1) is 10.2 Å². The van der Waals surface area contributed by atoms with Gasteiger partial charge in [0.2, 0.25) is 5.13 Å². The Hall–Kier alpha value is -3.04. The number of hydrogen-bond acceptors (Lipinski definition) is 8. The fourth-order valence-electron chi connectivity index (χ4n) is 2.99. The zero-order valence-corrected chi connectivity index (χ0v) is 18.9. The van der Waals surface area contributed by atoms with Crippen LogP contribution in [0.4, 0.5) is 5.13 Å². The molecule has 0 atom stereocenters. The maximum atomic E-state index is 5.36. The number of nitrogens with zero attached hydrogens (tertiary/aromatic N) is 4. The molecule has 0 amide bonds. The van der Waals surface area contributed by atoms with Crippen LogP contribution < -0.4 is 14.8 Å². The third-order valence-electron chi connectivity index (χ3n) is 4.56. The van der Waals surface area contributed by atoms with Gasteiger partial charge in [-0.1, -0.05) is 47.4 Å². The number of aromatic nitrogens is 4. The summed E-state index contributed by atoms with van der Waals surface area (Å²) in [5.74, 6) is 2.28. The van der Waals surface area contributed by atoms with Crippen molar-refractivity contribution in [3.63, 3.8) is 0 Å². The van der Waals surface area contributed by atoms with Crippen molar-refractivity contribution >= 4 is 28.2 Å². The second-order valence-electron chi connectivity index (χ2n) is 6.66. The van der Waals surface area contributed by atoms with Gasteiger partial charge in [0.1, 0.15) is 0 Å². The molecule has 160 valence electrons. The number of thioether (sulfide) groups is 1. The third-order valence-corrected chi connectivity index (χ3v) is 6.65. The van der Waals surface area contributed by atoms with Crippen molar-refractivity contribution in [2.24, 2.45) is 0 Å². The molecule has 1 N–H and O–H groups in total. The molecule has 0 aliphatic rings. The van der Waals surface area contributed by atoms with Gasteiger partial charge in [0.05, 0.1) is 26.1 Å². The highest BCUT2D eigenvalue weighted by Gasteiger charge is 2.08. The SMILES string of the molecule is COc1ccc(CCNc2nnc(SCc3cnn(-c4ccccc4)c3)s2)cc1OC. The second-order valence-corrected chi connectivity index (χ2v) is 8.86. The number of hydrogen-bond donors (Lipinski definition) is 1. The van der Waals surface area contributed by atoms with E-state index in [9.17, 15) is 0 Å². The Morgan fingerprint density at radius 2 is 1.84 bits per heavy atom. The van der Waals surface area contributed by atoms with Gasteiger partial charge < -0.3 is 14.8 Å². The summed E-state index contributed by atoms with van der Waals surface area (Å²) in [5, 5.41) is 17.1. The first-order valence-corrected chi connectivity index (χ1v) is 11.6. The number of para-hydroxylation sites is 1. The van der Waals surface area contributed by atoms with E-state index in [0.717, 1.165) is 50.9 Å². The molecule has 7 nitrogen and oxygen atoms in total. The van der Waals surface area contributed by atoms with Crippen LogP contribution in [0.3, 0.4) is 0 Å². The fourth-order valence-corrected chi connectivity index (χ4v) is 4.68. The fraction of sp³-hybridized carbons (Fsp3) is 0.227. The molecule has 31 heavy (non-hydrogen) atoms. The summed E-state index contributed by atoms with van der Waals surface area (Å²) < 4.78 is 13.5. The number of nitrogens with one attached hydrogen (secondary N) is 1. The Kier molecular flexibility index (Phi) is 7.06. The minimum absolute atomic E-state index is 0.735. The Labute approximate surface area is 189 Å². The van der Waals surface area contributed by atoms with Crippen molar-refractivity contribution in [3.05, 3.63) is 72.1 Å². The predicted octanol–water partition coefficient (Wildman–Crippen LogP) is 4.69. The number of rotatable bonds is 10. The predicted molar refractivity (Wildman–Crippen MR) is 125 cm³/mol. The number of methoxy groups -OCH3 is 2. The Morgan fingerprint density at radius 1 is 1.00 bits per heavy atom. The van der Waals surface area contributed by atoms with Crippen LogP contribution >= 0.6 is 23.1 Å². The van der Waals surface area contributed by atoms with E-state index in [4.69, 9.17) is 9.47 Å². The molecule has 4 aromatic rings. The van der Waals surface area contributed by atoms with Crippen molar-refractivity contribution in [3.8, 4) is 17.2 Å². The van der Waals surface area contributed by atoms with Crippen LogP contribution in [0, 0.1) is 0 Å². The average Bonchev–Trinajstić information content (AvgIpc) is 3.48. The molecule has 9 heteroatoms. The lowest BCUT2D eigenvalue weighted by molar-refractivity contribution is 0.354. The van der Waals surface area contributed by atoms with E-state index >= 15 is 0 Å². The summed E-state index contributed by atoms with van der Waals surface area (Å²) in [6, 6.07) is 16.0. The van der Waals surface area contributed by atoms with Gasteiger partial charge in [0.15, 0.2) is 15.8 Å². The smallest absolute Gasteiger partial charge is 0.206 e. The highest BCUT2D eigenvalue weighted by Crippen LogP contribution is 2.29. The van der Waals surface area contributed by atoms with E-state index < -0.39 is 0 Å². The number of ether oxygens (including phenoxy) is 2. The first-order valence-electron chi connectivity index (χ1n) is 9.75. The lowest BCUT2D eigenvalue weighted by Gasteiger charge is -2.09. The van der Waals surface area contributed by atoms with Crippen LogP contribution in [-0.2, 0) is 12.2 Å². The maximum absolute atomic E-state index is 5.36. The largest absolute Gasteiger partial charge is 0.493 e. The second kappa shape index (κ2) is 10.3. The topological polar surface area (TPSA) is 74.1 Å². The monoisotopic (exact) mass is 453 g/mol. The Bertz CT molecular complexity index is 1110. The van der Waals surface area contributed by atoms with Gasteiger partial charge in [-0.25, -0.2) is 4.68 Å². The molecule has 0 aliphatic carbocycles. The molecule has 0 aliphatic heterocycles. The van der Waals surface area contributed by atoms with Crippen LogP contribution in [0.2, 0.25) is 0 Å². The zero-order chi connectivity index (χ0) is 21.5. The molecule has 0 saturated carbocycles. The van der Waals surface area contributed by atoms with Crippen LogP contribution in [0.25, 0.3) is 5.69 Å². The molecule has 0 bridgehead atoms. The van der Waals surface area contributed by atoms with Gasteiger partial charge in [-0.2, -0.15) is 5.10 Å². The summed E-state index contributed by atoms with van der Waals surface area (Å²) >= 11 is 3.22. The van der Waals surface area contributed by atoms with Crippen molar-refractivity contribution in [2.45, 2.75) is 16.5 Å². The lowest BCUT2D eigenvalue weighted by Crippen LogP contribution is -2.04.